The lowest BCUT2D eigenvalue weighted by atomic mass is 10.2. The summed E-state index contributed by atoms with van der Waals surface area (Å²) in [7, 11) is 0. The molecule has 0 saturated heterocycles. The van der Waals surface area contributed by atoms with Crippen LogP contribution in [0.2, 0.25) is 0 Å². The zero-order chi connectivity index (χ0) is 6.85. The van der Waals surface area contributed by atoms with Gasteiger partial charge in [0.05, 0.1) is 0 Å². The maximum Gasteiger partial charge on any atom is 0.0401 e. The highest BCUT2D eigenvalue weighted by Crippen LogP contribution is 2.03. The largest absolute Gasteiger partial charge is 0.261 e. The maximum atomic E-state index is 4.18. The summed E-state index contributed by atoms with van der Waals surface area (Å²) in [6.07, 6.45) is 1.89. The van der Waals surface area contributed by atoms with Gasteiger partial charge in [0.15, 0.2) is 0 Å². The third-order valence-electron chi connectivity index (χ3n) is 1.48. The Morgan fingerprint density at radius 3 is 2.20 bits per heavy atom. The highest BCUT2D eigenvalue weighted by molar-refractivity contribution is 7.59. The van der Waals surface area contributed by atoms with E-state index in [1.165, 1.54) is 11.1 Å². The van der Waals surface area contributed by atoms with Gasteiger partial charge >= 0.3 is 0 Å². The Morgan fingerprint density at radius 2 is 1.80 bits per heavy atom. The Bertz CT molecular complexity index is 220. The van der Waals surface area contributed by atoms with Crippen LogP contribution >= 0.6 is 13.5 Å². The molecule has 0 saturated carbocycles. The summed E-state index contributed by atoms with van der Waals surface area (Å²) in [5.41, 5.74) is 3.63. The highest BCUT2D eigenvalue weighted by atomic mass is 32.1. The van der Waals surface area contributed by atoms with Crippen molar-refractivity contribution in [1.29, 1.82) is 0 Å². The summed E-state index contributed by atoms with van der Waals surface area (Å²) in [5, 5.41) is 0. The third-order valence-corrected chi connectivity index (χ3v) is 1.48. The first-order valence-electron chi connectivity index (χ1n) is 3.10. The number of aryl methyl sites for hydroxylation is 3. The van der Waals surface area contributed by atoms with Gasteiger partial charge in [-0.1, -0.05) is 6.07 Å². The molecule has 1 nitrogen and oxygen atoms in total. The number of hydrogen-bond acceptors (Lipinski definition) is 1. The van der Waals surface area contributed by atoms with Gasteiger partial charge in [0.1, 0.15) is 0 Å². The van der Waals surface area contributed by atoms with Crippen molar-refractivity contribution < 1.29 is 0 Å². The second-order valence-corrected chi connectivity index (χ2v) is 2.41. The zero-order valence-electron chi connectivity index (χ0n) is 6.60. The minimum absolute atomic E-state index is 0. The lowest BCUT2D eigenvalue weighted by Gasteiger charge is -1.97. The van der Waals surface area contributed by atoms with E-state index in [0.717, 1.165) is 5.69 Å². The molecule has 0 fully saturated rings. The second kappa shape index (κ2) is 3.62. The Morgan fingerprint density at radius 1 is 1.20 bits per heavy atom. The lowest BCUT2D eigenvalue weighted by molar-refractivity contribution is 1.12. The van der Waals surface area contributed by atoms with Crippen molar-refractivity contribution in [3.05, 3.63) is 29.1 Å². The van der Waals surface area contributed by atoms with Crippen LogP contribution in [0, 0.1) is 20.8 Å². The van der Waals surface area contributed by atoms with E-state index in [4.69, 9.17) is 0 Å². The molecule has 0 atom stereocenters. The van der Waals surface area contributed by atoms with Gasteiger partial charge in [-0.05, 0) is 31.9 Å². The van der Waals surface area contributed by atoms with E-state index in [9.17, 15) is 0 Å². The summed E-state index contributed by atoms with van der Waals surface area (Å²) < 4.78 is 0. The molecule has 1 aromatic heterocycles. The molecule has 0 amide bonds. The van der Waals surface area contributed by atoms with E-state index in [1.807, 2.05) is 13.1 Å². The van der Waals surface area contributed by atoms with Crippen molar-refractivity contribution in [2.45, 2.75) is 20.8 Å². The van der Waals surface area contributed by atoms with Gasteiger partial charge in [0.2, 0.25) is 0 Å². The van der Waals surface area contributed by atoms with Crippen LogP contribution in [0.1, 0.15) is 16.8 Å². The number of rotatable bonds is 0. The smallest absolute Gasteiger partial charge is 0.0401 e. The molecule has 0 spiro atoms. The summed E-state index contributed by atoms with van der Waals surface area (Å²) in [4.78, 5) is 4.18. The van der Waals surface area contributed by atoms with Crippen LogP contribution < -0.4 is 0 Å². The van der Waals surface area contributed by atoms with Crippen LogP contribution in [0.5, 0.6) is 0 Å². The molecule has 0 aliphatic rings. The molecular formula is C8H13NS. The van der Waals surface area contributed by atoms with Gasteiger partial charge in [-0.15, -0.1) is 0 Å². The molecule has 1 rings (SSSR count). The summed E-state index contributed by atoms with van der Waals surface area (Å²) in [6, 6.07) is 2.14. The second-order valence-electron chi connectivity index (χ2n) is 2.41. The molecule has 1 aromatic rings. The fourth-order valence-corrected chi connectivity index (χ4v) is 0.784. The number of nitrogens with zero attached hydrogens (tertiary/aromatic N) is 1. The van der Waals surface area contributed by atoms with Gasteiger partial charge in [-0.3, -0.25) is 4.98 Å². The van der Waals surface area contributed by atoms with E-state index in [1.54, 1.807) is 0 Å². The van der Waals surface area contributed by atoms with E-state index in [-0.39, 0.29) is 13.5 Å². The molecule has 1 heterocycles. The molecule has 0 aromatic carbocycles. The van der Waals surface area contributed by atoms with E-state index in [2.05, 4.69) is 24.9 Å². The lowest BCUT2D eigenvalue weighted by Crippen LogP contribution is -1.85. The van der Waals surface area contributed by atoms with Crippen molar-refractivity contribution in [2.24, 2.45) is 0 Å². The Balaban J connectivity index is 0.000000810. The fraction of sp³-hybridized carbons (Fsp3) is 0.375. The van der Waals surface area contributed by atoms with Crippen LogP contribution in [0.3, 0.4) is 0 Å². The van der Waals surface area contributed by atoms with E-state index >= 15 is 0 Å². The maximum absolute atomic E-state index is 4.18. The van der Waals surface area contributed by atoms with Crippen LogP contribution in [-0.4, -0.2) is 4.98 Å². The van der Waals surface area contributed by atoms with Crippen LogP contribution in [0.25, 0.3) is 0 Å². The van der Waals surface area contributed by atoms with Crippen molar-refractivity contribution >= 4 is 13.5 Å². The Hall–Kier alpha value is -0.500. The molecule has 0 aliphatic carbocycles. The summed E-state index contributed by atoms with van der Waals surface area (Å²) in [5.74, 6) is 0. The normalized spacial score (nSPS) is 8.70. The van der Waals surface area contributed by atoms with E-state index < -0.39 is 0 Å². The van der Waals surface area contributed by atoms with Crippen LogP contribution in [0.4, 0.5) is 0 Å². The quantitative estimate of drug-likeness (QED) is 0.559. The topological polar surface area (TPSA) is 12.9 Å². The average molecular weight is 155 g/mol. The van der Waals surface area contributed by atoms with Gasteiger partial charge in [-0.2, -0.15) is 13.5 Å². The predicted octanol–water partition coefficient (Wildman–Crippen LogP) is 2.12. The first-order chi connectivity index (χ1) is 4.20. The molecule has 0 unspecified atom stereocenters. The molecule has 0 N–H and O–H groups in total. The van der Waals surface area contributed by atoms with Gasteiger partial charge in [-0.25, -0.2) is 0 Å². The van der Waals surface area contributed by atoms with E-state index in [0.29, 0.717) is 0 Å². The molecule has 0 radical (unpaired) electrons. The minimum atomic E-state index is 0. The Labute approximate surface area is 68.9 Å². The molecule has 10 heavy (non-hydrogen) atoms. The van der Waals surface area contributed by atoms with Crippen molar-refractivity contribution in [1.82, 2.24) is 4.98 Å². The van der Waals surface area contributed by atoms with Gasteiger partial charge in [0.25, 0.3) is 0 Å². The summed E-state index contributed by atoms with van der Waals surface area (Å²) >= 11 is 0. The average Bonchev–Trinajstić information content (AvgIpc) is 1.80. The van der Waals surface area contributed by atoms with Gasteiger partial charge < -0.3 is 0 Å². The number of hydrogen-bond donors (Lipinski definition) is 0. The predicted molar refractivity (Wildman–Crippen MR) is 48.8 cm³/mol. The molecule has 0 aliphatic heterocycles. The highest BCUT2D eigenvalue weighted by Gasteiger charge is 1.90. The zero-order valence-corrected chi connectivity index (χ0v) is 7.60. The SMILES string of the molecule is Cc1cnc(C)c(C)c1.S. The monoisotopic (exact) mass is 155 g/mol. The number of aromatic nitrogens is 1. The first kappa shape index (κ1) is 9.50. The first-order valence-corrected chi connectivity index (χ1v) is 3.10. The van der Waals surface area contributed by atoms with Gasteiger partial charge in [0, 0.05) is 11.9 Å². The molecular weight excluding hydrogens is 142 g/mol. The Kier molecular flexibility index (Phi) is 3.43. The fourth-order valence-electron chi connectivity index (χ4n) is 0.784. The van der Waals surface area contributed by atoms with Crippen molar-refractivity contribution in [2.75, 3.05) is 0 Å². The van der Waals surface area contributed by atoms with Crippen LogP contribution in [0.15, 0.2) is 12.3 Å². The summed E-state index contributed by atoms with van der Waals surface area (Å²) in [6.45, 7) is 6.16. The standard InChI is InChI=1S/C8H11N.H2S/c1-6-4-7(2)8(3)9-5-6;/h4-5H,1-3H3;1H2. The molecule has 56 valence electrons. The third kappa shape index (κ3) is 2.03. The number of pyridine rings is 1. The molecule has 0 bridgehead atoms. The van der Waals surface area contributed by atoms with Crippen molar-refractivity contribution in [3.8, 4) is 0 Å². The molecule has 2 heteroatoms. The minimum Gasteiger partial charge on any atom is -0.261 e. The van der Waals surface area contributed by atoms with Crippen LogP contribution in [-0.2, 0) is 0 Å². The van der Waals surface area contributed by atoms with Crippen molar-refractivity contribution in [3.63, 3.8) is 0 Å².